The Morgan fingerprint density at radius 2 is 1.73 bits per heavy atom. The smallest absolute Gasteiger partial charge is 0.228 e. The molecule has 2 aromatic rings. The van der Waals surface area contributed by atoms with Gasteiger partial charge in [0, 0.05) is 55.5 Å². The van der Waals surface area contributed by atoms with Crippen molar-refractivity contribution in [1.29, 1.82) is 0 Å². The second-order valence-electron chi connectivity index (χ2n) is 8.37. The second-order valence-corrected chi connectivity index (χ2v) is 8.78. The summed E-state index contributed by atoms with van der Waals surface area (Å²) >= 11 is 6.23. The average molecular weight is 426 g/mol. The van der Waals surface area contributed by atoms with Gasteiger partial charge in [0.05, 0.1) is 5.92 Å². The summed E-state index contributed by atoms with van der Waals surface area (Å²) in [5, 5.41) is 0.637. The SMILES string of the molecule is Cc1ccc(N2C[C@H](C(=O)N3CCN(c4cccc(C)c4C)CC3)CC2=O)cc1Cl. The van der Waals surface area contributed by atoms with Gasteiger partial charge in [0.15, 0.2) is 0 Å². The first-order valence-corrected chi connectivity index (χ1v) is 10.9. The van der Waals surface area contributed by atoms with Crippen molar-refractivity contribution in [2.75, 3.05) is 42.5 Å². The number of anilines is 2. The number of carbonyl (C=O) groups is 2. The van der Waals surface area contributed by atoms with Crippen LogP contribution in [0.4, 0.5) is 11.4 Å². The normalized spacial score (nSPS) is 19.5. The van der Waals surface area contributed by atoms with E-state index in [-0.39, 0.29) is 24.2 Å². The molecular formula is C24H28ClN3O2. The lowest BCUT2D eigenvalue weighted by atomic mass is 10.1. The molecule has 2 fully saturated rings. The number of amides is 2. The molecular weight excluding hydrogens is 398 g/mol. The molecule has 5 nitrogen and oxygen atoms in total. The minimum atomic E-state index is -0.287. The predicted molar refractivity (Wildman–Crippen MR) is 121 cm³/mol. The Balaban J connectivity index is 1.39. The first-order valence-electron chi connectivity index (χ1n) is 10.5. The zero-order chi connectivity index (χ0) is 21.4. The summed E-state index contributed by atoms with van der Waals surface area (Å²) in [6.45, 7) is 9.64. The molecule has 2 amide bonds. The molecule has 158 valence electrons. The maximum Gasteiger partial charge on any atom is 0.228 e. The van der Waals surface area contributed by atoms with Crippen molar-refractivity contribution in [2.24, 2.45) is 5.92 Å². The van der Waals surface area contributed by atoms with Gasteiger partial charge in [0.25, 0.3) is 0 Å². The van der Waals surface area contributed by atoms with Crippen LogP contribution in [0.2, 0.25) is 5.02 Å². The molecule has 30 heavy (non-hydrogen) atoms. The van der Waals surface area contributed by atoms with Gasteiger partial charge in [-0.25, -0.2) is 0 Å². The van der Waals surface area contributed by atoms with E-state index in [0.717, 1.165) is 24.3 Å². The van der Waals surface area contributed by atoms with E-state index in [9.17, 15) is 9.59 Å². The molecule has 0 spiro atoms. The van der Waals surface area contributed by atoms with E-state index in [2.05, 4.69) is 36.9 Å². The predicted octanol–water partition coefficient (Wildman–Crippen LogP) is 3.97. The molecule has 2 heterocycles. The van der Waals surface area contributed by atoms with Crippen LogP contribution in [0, 0.1) is 26.7 Å². The number of piperazine rings is 1. The van der Waals surface area contributed by atoms with Gasteiger partial charge in [0.1, 0.15) is 0 Å². The highest BCUT2D eigenvalue weighted by atomic mass is 35.5. The highest BCUT2D eigenvalue weighted by Gasteiger charge is 2.38. The van der Waals surface area contributed by atoms with E-state index in [1.807, 2.05) is 30.0 Å². The highest BCUT2D eigenvalue weighted by Crippen LogP contribution is 2.30. The van der Waals surface area contributed by atoms with Crippen LogP contribution in [0.3, 0.4) is 0 Å². The number of halogens is 1. The lowest BCUT2D eigenvalue weighted by Crippen LogP contribution is -2.51. The molecule has 0 bridgehead atoms. The molecule has 0 aliphatic carbocycles. The highest BCUT2D eigenvalue weighted by molar-refractivity contribution is 6.31. The number of aryl methyl sites for hydroxylation is 2. The van der Waals surface area contributed by atoms with E-state index in [4.69, 9.17) is 11.6 Å². The standard InChI is InChI=1S/C24H28ClN3O2/c1-16-5-4-6-22(18(16)3)26-9-11-27(12-10-26)24(30)19-13-23(29)28(15-19)20-8-7-17(2)21(25)14-20/h4-8,14,19H,9-13,15H2,1-3H3/t19-/m1/s1. The summed E-state index contributed by atoms with van der Waals surface area (Å²) in [6.07, 6.45) is 0.265. The van der Waals surface area contributed by atoms with Gasteiger partial charge in [-0.15, -0.1) is 0 Å². The van der Waals surface area contributed by atoms with Gasteiger partial charge in [-0.1, -0.05) is 29.8 Å². The van der Waals surface area contributed by atoms with Crippen LogP contribution in [-0.4, -0.2) is 49.4 Å². The van der Waals surface area contributed by atoms with Crippen molar-refractivity contribution in [3.63, 3.8) is 0 Å². The number of rotatable bonds is 3. The monoisotopic (exact) mass is 425 g/mol. The van der Waals surface area contributed by atoms with Crippen LogP contribution in [0.5, 0.6) is 0 Å². The molecule has 2 aliphatic heterocycles. The van der Waals surface area contributed by atoms with Gasteiger partial charge in [0.2, 0.25) is 11.8 Å². The van der Waals surface area contributed by atoms with Crippen molar-refractivity contribution in [3.8, 4) is 0 Å². The Bertz CT molecular complexity index is 982. The van der Waals surface area contributed by atoms with Crippen molar-refractivity contribution >= 4 is 34.8 Å². The Morgan fingerprint density at radius 3 is 2.43 bits per heavy atom. The molecule has 4 rings (SSSR count). The molecule has 0 N–H and O–H groups in total. The molecule has 0 unspecified atom stereocenters. The third-order valence-electron chi connectivity index (χ3n) is 6.45. The molecule has 1 atom stereocenters. The van der Waals surface area contributed by atoms with Crippen molar-refractivity contribution in [2.45, 2.75) is 27.2 Å². The summed E-state index contributed by atoms with van der Waals surface area (Å²) in [6, 6.07) is 12.0. The molecule has 0 saturated carbocycles. The topological polar surface area (TPSA) is 43.9 Å². The second kappa shape index (κ2) is 8.31. The summed E-state index contributed by atoms with van der Waals surface area (Å²) in [5.41, 5.74) is 5.57. The van der Waals surface area contributed by atoms with E-state index in [1.165, 1.54) is 16.8 Å². The fraction of sp³-hybridized carbons (Fsp3) is 0.417. The molecule has 2 aromatic carbocycles. The minimum Gasteiger partial charge on any atom is -0.368 e. The third kappa shape index (κ3) is 3.91. The lowest BCUT2D eigenvalue weighted by Gasteiger charge is -2.38. The van der Waals surface area contributed by atoms with Crippen LogP contribution in [-0.2, 0) is 9.59 Å². The van der Waals surface area contributed by atoms with Crippen LogP contribution >= 0.6 is 11.6 Å². The zero-order valence-corrected chi connectivity index (χ0v) is 18.6. The molecule has 0 aromatic heterocycles. The quantitative estimate of drug-likeness (QED) is 0.747. The Labute approximate surface area is 183 Å². The van der Waals surface area contributed by atoms with Crippen LogP contribution in [0.1, 0.15) is 23.1 Å². The summed E-state index contributed by atoms with van der Waals surface area (Å²) in [7, 11) is 0. The van der Waals surface area contributed by atoms with Gasteiger partial charge < -0.3 is 14.7 Å². The number of hydrogen-bond acceptors (Lipinski definition) is 3. The van der Waals surface area contributed by atoms with E-state index in [1.54, 1.807) is 4.90 Å². The van der Waals surface area contributed by atoms with Crippen LogP contribution < -0.4 is 9.80 Å². The summed E-state index contributed by atoms with van der Waals surface area (Å²) in [5.74, 6) is -0.211. The van der Waals surface area contributed by atoms with Crippen molar-refractivity contribution in [3.05, 3.63) is 58.1 Å². The zero-order valence-electron chi connectivity index (χ0n) is 17.8. The first kappa shape index (κ1) is 20.7. The molecule has 2 saturated heterocycles. The fourth-order valence-electron chi connectivity index (χ4n) is 4.38. The van der Waals surface area contributed by atoms with E-state index >= 15 is 0 Å². The largest absolute Gasteiger partial charge is 0.368 e. The number of nitrogens with zero attached hydrogens (tertiary/aromatic N) is 3. The number of benzene rings is 2. The number of carbonyl (C=O) groups excluding carboxylic acids is 2. The summed E-state index contributed by atoms with van der Waals surface area (Å²) < 4.78 is 0. The Hall–Kier alpha value is -2.53. The fourth-order valence-corrected chi connectivity index (χ4v) is 4.55. The molecule has 0 radical (unpaired) electrons. The van der Waals surface area contributed by atoms with Crippen molar-refractivity contribution < 1.29 is 9.59 Å². The van der Waals surface area contributed by atoms with Crippen molar-refractivity contribution in [1.82, 2.24) is 4.90 Å². The van der Waals surface area contributed by atoms with Crippen LogP contribution in [0.15, 0.2) is 36.4 Å². The number of hydrogen-bond donors (Lipinski definition) is 0. The van der Waals surface area contributed by atoms with Crippen LogP contribution in [0.25, 0.3) is 0 Å². The molecule has 2 aliphatic rings. The Kier molecular flexibility index (Phi) is 5.74. The maximum absolute atomic E-state index is 13.1. The molecule has 6 heteroatoms. The van der Waals surface area contributed by atoms with E-state index in [0.29, 0.717) is 24.7 Å². The Morgan fingerprint density at radius 1 is 1.00 bits per heavy atom. The first-order chi connectivity index (χ1) is 14.3. The lowest BCUT2D eigenvalue weighted by molar-refractivity contribution is -0.136. The van der Waals surface area contributed by atoms with Gasteiger partial charge in [-0.2, -0.15) is 0 Å². The van der Waals surface area contributed by atoms with E-state index < -0.39 is 0 Å². The minimum absolute atomic E-state index is 0.0118. The van der Waals surface area contributed by atoms with Gasteiger partial charge in [-0.05, 0) is 55.7 Å². The summed E-state index contributed by atoms with van der Waals surface area (Å²) in [4.78, 5) is 31.7. The van der Waals surface area contributed by atoms with Gasteiger partial charge >= 0.3 is 0 Å². The average Bonchev–Trinajstić information content (AvgIpc) is 3.13. The maximum atomic E-state index is 13.1. The third-order valence-corrected chi connectivity index (χ3v) is 6.86. The van der Waals surface area contributed by atoms with Gasteiger partial charge in [-0.3, -0.25) is 9.59 Å².